The number of hydrogen-bond donors (Lipinski definition) is 2. The highest BCUT2D eigenvalue weighted by atomic mass is 16.5. The molecule has 0 saturated heterocycles. The summed E-state index contributed by atoms with van der Waals surface area (Å²) in [5, 5.41) is 4.35. The average Bonchev–Trinajstić information content (AvgIpc) is 2.99. The van der Waals surface area contributed by atoms with E-state index in [0.29, 0.717) is 5.92 Å². The van der Waals surface area contributed by atoms with Gasteiger partial charge in [0.2, 0.25) is 0 Å². The Morgan fingerprint density at radius 1 is 1.38 bits per heavy atom. The molecular formula is C16H30N4O. The van der Waals surface area contributed by atoms with Gasteiger partial charge in [-0.3, -0.25) is 16.0 Å². The van der Waals surface area contributed by atoms with Crippen molar-refractivity contribution in [2.75, 3.05) is 6.61 Å². The van der Waals surface area contributed by atoms with Crippen LogP contribution in [-0.4, -0.2) is 28.5 Å². The second kappa shape index (κ2) is 8.51. The first-order chi connectivity index (χ1) is 10.3. The van der Waals surface area contributed by atoms with Crippen LogP contribution >= 0.6 is 0 Å². The van der Waals surface area contributed by atoms with E-state index in [0.717, 1.165) is 19.6 Å². The zero-order valence-corrected chi connectivity index (χ0v) is 13.4. The molecule has 5 heteroatoms. The molecule has 2 atom stereocenters. The highest BCUT2D eigenvalue weighted by molar-refractivity contribution is 5.07. The summed E-state index contributed by atoms with van der Waals surface area (Å²) in [6, 6.07) is 0.155. The van der Waals surface area contributed by atoms with Crippen LogP contribution in [0.4, 0.5) is 0 Å². The van der Waals surface area contributed by atoms with Crippen molar-refractivity contribution in [3.05, 3.63) is 18.0 Å². The zero-order chi connectivity index (χ0) is 15.1. The fourth-order valence-corrected chi connectivity index (χ4v) is 3.44. The van der Waals surface area contributed by atoms with Gasteiger partial charge in [-0.2, -0.15) is 5.10 Å². The smallest absolute Gasteiger partial charge is 0.0772 e. The number of hydrazine groups is 1. The highest BCUT2D eigenvalue weighted by Gasteiger charge is 2.31. The van der Waals surface area contributed by atoms with Crippen molar-refractivity contribution in [3.8, 4) is 0 Å². The number of hydrogen-bond acceptors (Lipinski definition) is 4. The number of nitrogens with two attached hydrogens (primary N) is 1. The van der Waals surface area contributed by atoms with E-state index in [2.05, 4.69) is 30.6 Å². The predicted molar refractivity (Wildman–Crippen MR) is 84.7 cm³/mol. The van der Waals surface area contributed by atoms with E-state index in [1.54, 1.807) is 0 Å². The molecule has 21 heavy (non-hydrogen) atoms. The van der Waals surface area contributed by atoms with Crippen LogP contribution in [-0.2, 0) is 17.7 Å². The number of nitrogens with zero attached hydrogens (tertiary/aromatic N) is 2. The molecule has 0 aliphatic heterocycles. The fourth-order valence-electron chi connectivity index (χ4n) is 3.44. The lowest BCUT2D eigenvalue weighted by atomic mass is 9.81. The van der Waals surface area contributed by atoms with Crippen LogP contribution in [0.3, 0.4) is 0 Å². The third-order valence-corrected chi connectivity index (χ3v) is 4.55. The first kappa shape index (κ1) is 16.5. The molecule has 3 N–H and O–H groups in total. The maximum absolute atomic E-state index is 6.07. The molecule has 0 spiro atoms. The number of rotatable bonds is 8. The Kier molecular flexibility index (Phi) is 6.67. The minimum absolute atomic E-state index is 0.155. The van der Waals surface area contributed by atoms with Crippen LogP contribution in [0.2, 0.25) is 0 Å². The Labute approximate surface area is 128 Å². The van der Waals surface area contributed by atoms with Gasteiger partial charge in [-0.1, -0.05) is 19.3 Å². The number of nitrogens with one attached hydrogen (secondary N) is 1. The molecule has 1 fully saturated rings. The monoisotopic (exact) mass is 294 g/mol. The summed E-state index contributed by atoms with van der Waals surface area (Å²) in [5.74, 6) is 6.47. The lowest BCUT2D eigenvalue weighted by molar-refractivity contribution is -0.0175. The van der Waals surface area contributed by atoms with Crippen molar-refractivity contribution >= 4 is 0 Å². The minimum atomic E-state index is 0.155. The molecule has 1 aromatic rings. The van der Waals surface area contributed by atoms with E-state index < -0.39 is 0 Å². The molecule has 2 unspecified atom stereocenters. The third-order valence-electron chi connectivity index (χ3n) is 4.55. The largest absolute Gasteiger partial charge is 0.377 e. The molecule has 2 rings (SSSR count). The van der Waals surface area contributed by atoms with E-state index in [4.69, 9.17) is 10.6 Å². The maximum atomic E-state index is 6.07. The van der Waals surface area contributed by atoms with Crippen molar-refractivity contribution in [3.63, 3.8) is 0 Å². The van der Waals surface area contributed by atoms with Crippen molar-refractivity contribution in [2.45, 2.75) is 71.1 Å². The van der Waals surface area contributed by atoms with Crippen LogP contribution in [0, 0.1) is 5.92 Å². The normalized spacial score (nSPS) is 19.6. The van der Waals surface area contributed by atoms with Gasteiger partial charge in [-0.15, -0.1) is 0 Å². The van der Waals surface area contributed by atoms with E-state index in [1.165, 1.54) is 37.7 Å². The van der Waals surface area contributed by atoms with Gasteiger partial charge in [0.1, 0.15) is 0 Å². The average molecular weight is 294 g/mol. The SMILES string of the molecule is CCOC(C1CCCCC1)C(Cc1cnn(CC)c1)NN. The van der Waals surface area contributed by atoms with Crippen LogP contribution in [0.25, 0.3) is 0 Å². The van der Waals surface area contributed by atoms with Crippen molar-refractivity contribution in [1.29, 1.82) is 0 Å². The van der Waals surface area contributed by atoms with Crippen LogP contribution in [0.1, 0.15) is 51.5 Å². The molecule has 120 valence electrons. The third kappa shape index (κ3) is 4.53. The summed E-state index contributed by atoms with van der Waals surface area (Å²) in [4.78, 5) is 0. The standard InChI is InChI=1S/C16H30N4O/c1-3-20-12-13(11-18-20)10-15(19-17)16(21-4-2)14-8-6-5-7-9-14/h11-12,14-16,19H,3-10,17H2,1-2H3. The van der Waals surface area contributed by atoms with Gasteiger partial charge in [0, 0.05) is 19.3 Å². The molecule has 1 aromatic heterocycles. The van der Waals surface area contributed by atoms with Crippen LogP contribution in [0.15, 0.2) is 12.4 Å². The van der Waals surface area contributed by atoms with Crippen LogP contribution < -0.4 is 11.3 Å². The maximum Gasteiger partial charge on any atom is 0.0772 e. The number of ether oxygens (including phenoxy) is 1. The first-order valence-corrected chi connectivity index (χ1v) is 8.37. The lowest BCUT2D eigenvalue weighted by Crippen LogP contribution is -2.50. The fraction of sp³-hybridized carbons (Fsp3) is 0.812. The van der Waals surface area contributed by atoms with E-state index in [9.17, 15) is 0 Å². The number of aromatic nitrogens is 2. The van der Waals surface area contributed by atoms with Gasteiger partial charge >= 0.3 is 0 Å². The Balaban J connectivity index is 2.03. The van der Waals surface area contributed by atoms with E-state index in [-0.39, 0.29) is 12.1 Å². The summed E-state index contributed by atoms with van der Waals surface area (Å²) in [7, 11) is 0. The molecule has 0 amide bonds. The Morgan fingerprint density at radius 3 is 2.71 bits per heavy atom. The summed E-state index contributed by atoms with van der Waals surface area (Å²) >= 11 is 0. The summed E-state index contributed by atoms with van der Waals surface area (Å²) < 4.78 is 8.03. The number of aryl methyl sites for hydroxylation is 1. The van der Waals surface area contributed by atoms with E-state index in [1.807, 2.05) is 10.9 Å². The lowest BCUT2D eigenvalue weighted by Gasteiger charge is -2.35. The topological polar surface area (TPSA) is 65.1 Å². The molecular weight excluding hydrogens is 264 g/mol. The highest BCUT2D eigenvalue weighted by Crippen LogP contribution is 2.30. The quantitative estimate of drug-likeness (QED) is 0.570. The predicted octanol–water partition coefficient (Wildman–Crippen LogP) is 2.26. The Hall–Kier alpha value is -0.910. The van der Waals surface area contributed by atoms with Crippen molar-refractivity contribution < 1.29 is 4.74 Å². The van der Waals surface area contributed by atoms with Gasteiger partial charge in [0.15, 0.2) is 0 Å². The first-order valence-electron chi connectivity index (χ1n) is 8.37. The Bertz CT molecular complexity index is 401. The van der Waals surface area contributed by atoms with Gasteiger partial charge in [0.25, 0.3) is 0 Å². The molecule has 0 radical (unpaired) electrons. The molecule has 0 bridgehead atoms. The van der Waals surface area contributed by atoms with Gasteiger partial charge in [-0.25, -0.2) is 0 Å². The summed E-state index contributed by atoms with van der Waals surface area (Å²) in [6.07, 6.45) is 11.6. The van der Waals surface area contributed by atoms with Gasteiger partial charge < -0.3 is 4.74 Å². The zero-order valence-electron chi connectivity index (χ0n) is 13.4. The molecule has 1 aliphatic carbocycles. The minimum Gasteiger partial charge on any atom is -0.377 e. The molecule has 1 aliphatic rings. The van der Waals surface area contributed by atoms with E-state index >= 15 is 0 Å². The molecule has 0 aromatic carbocycles. The summed E-state index contributed by atoms with van der Waals surface area (Å²) in [5.41, 5.74) is 4.22. The Morgan fingerprint density at radius 2 is 2.14 bits per heavy atom. The second-order valence-corrected chi connectivity index (χ2v) is 6.00. The molecule has 1 heterocycles. The van der Waals surface area contributed by atoms with Crippen molar-refractivity contribution in [1.82, 2.24) is 15.2 Å². The second-order valence-electron chi connectivity index (χ2n) is 6.00. The molecule has 5 nitrogen and oxygen atoms in total. The van der Waals surface area contributed by atoms with Gasteiger partial charge in [-0.05, 0) is 44.6 Å². The molecule has 1 saturated carbocycles. The van der Waals surface area contributed by atoms with Crippen LogP contribution in [0.5, 0.6) is 0 Å². The van der Waals surface area contributed by atoms with Crippen molar-refractivity contribution in [2.24, 2.45) is 11.8 Å². The summed E-state index contributed by atoms with van der Waals surface area (Å²) in [6.45, 7) is 5.81. The van der Waals surface area contributed by atoms with Gasteiger partial charge in [0.05, 0.1) is 18.3 Å².